The highest BCUT2D eigenvalue weighted by Crippen LogP contribution is 2.38. The van der Waals surface area contributed by atoms with Crippen LogP contribution in [0.4, 0.5) is 0 Å². The largest absolute Gasteiger partial charge is 0.423 e. The molecule has 0 fully saturated rings. The molecule has 0 aromatic rings. The zero-order chi connectivity index (χ0) is 9.59. The van der Waals surface area contributed by atoms with E-state index in [1.54, 1.807) is 0 Å². The molecule has 68 valence electrons. The zero-order valence-corrected chi connectivity index (χ0v) is 8.10. The lowest BCUT2D eigenvalue weighted by molar-refractivity contribution is -0.133. The Morgan fingerprint density at radius 1 is 1.46 bits per heavy atom. The molecule has 1 heterocycles. The van der Waals surface area contributed by atoms with E-state index in [0.717, 1.165) is 23.3 Å². The minimum absolute atomic E-state index is 0.186. The van der Waals surface area contributed by atoms with Crippen LogP contribution in [0.1, 0.15) is 27.2 Å². The Bertz CT molecular complexity index is 377. The number of hydrogen-bond donors (Lipinski definition) is 0. The van der Waals surface area contributed by atoms with E-state index in [-0.39, 0.29) is 5.97 Å². The fourth-order valence-electron chi connectivity index (χ4n) is 1.60. The second kappa shape index (κ2) is 2.59. The Hall–Kier alpha value is -1.31. The van der Waals surface area contributed by atoms with Gasteiger partial charge in [0, 0.05) is 17.6 Å². The molecule has 1 aliphatic carbocycles. The van der Waals surface area contributed by atoms with Gasteiger partial charge in [-0.1, -0.05) is 5.57 Å². The Labute approximate surface area is 77.6 Å². The third kappa shape index (κ3) is 1.13. The Morgan fingerprint density at radius 2 is 2.15 bits per heavy atom. The van der Waals surface area contributed by atoms with Gasteiger partial charge in [0.2, 0.25) is 0 Å². The van der Waals surface area contributed by atoms with Crippen LogP contribution in [0.3, 0.4) is 0 Å². The van der Waals surface area contributed by atoms with Crippen molar-refractivity contribution >= 4 is 5.97 Å². The van der Waals surface area contributed by atoms with Crippen molar-refractivity contribution in [3.05, 3.63) is 34.1 Å². The van der Waals surface area contributed by atoms with Crippen molar-refractivity contribution in [2.75, 3.05) is 0 Å². The smallest absolute Gasteiger partial charge is 0.339 e. The summed E-state index contributed by atoms with van der Waals surface area (Å²) >= 11 is 0. The molecule has 0 bridgehead atoms. The number of ether oxygens (including phenoxy) is 1. The first-order valence-electron chi connectivity index (χ1n) is 4.40. The molecule has 0 spiro atoms. The quantitative estimate of drug-likeness (QED) is 0.530. The number of esters is 1. The highest BCUT2D eigenvalue weighted by molar-refractivity contribution is 5.94. The summed E-state index contributed by atoms with van der Waals surface area (Å²) in [5, 5.41) is 0. The SMILES string of the molecule is CC(C)=C1C=C2OC(=O)C(C)=C2C1. The molecule has 2 rings (SSSR count). The number of carbonyl (C=O) groups is 1. The van der Waals surface area contributed by atoms with Crippen LogP contribution in [0.2, 0.25) is 0 Å². The van der Waals surface area contributed by atoms with E-state index in [1.807, 2.05) is 13.0 Å². The minimum atomic E-state index is -0.186. The number of allylic oxidation sites excluding steroid dienone is 4. The summed E-state index contributed by atoms with van der Waals surface area (Å²) in [5.41, 5.74) is 4.40. The second-order valence-corrected chi connectivity index (χ2v) is 3.70. The fraction of sp³-hybridized carbons (Fsp3) is 0.364. The second-order valence-electron chi connectivity index (χ2n) is 3.70. The van der Waals surface area contributed by atoms with Crippen LogP contribution in [-0.4, -0.2) is 5.97 Å². The van der Waals surface area contributed by atoms with Gasteiger partial charge in [-0.2, -0.15) is 0 Å². The Morgan fingerprint density at radius 3 is 2.69 bits per heavy atom. The summed E-state index contributed by atoms with van der Waals surface area (Å²) in [6.07, 6.45) is 2.83. The van der Waals surface area contributed by atoms with E-state index in [1.165, 1.54) is 11.1 Å². The topological polar surface area (TPSA) is 26.3 Å². The van der Waals surface area contributed by atoms with Crippen molar-refractivity contribution < 1.29 is 9.53 Å². The van der Waals surface area contributed by atoms with Crippen molar-refractivity contribution in [1.82, 2.24) is 0 Å². The highest BCUT2D eigenvalue weighted by Gasteiger charge is 2.30. The molecule has 0 saturated carbocycles. The van der Waals surface area contributed by atoms with Gasteiger partial charge in [0.25, 0.3) is 0 Å². The molecule has 2 nitrogen and oxygen atoms in total. The number of rotatable bonds is 0. The summed E-state index contributed by atoms with van der Waals surface area (Å²) in [6, 6.07) is 0. The summed E-state index contributed by atoms with van der Waals surface area (Å²) in [4.78, 5) is 11.1. The lowest BCUT2D eigenvalue weighted by Crippen LogP contribution is -1.95. The molecule has 0 unspecified atom stereocenters. The van der Waals surface area contributed by atoms with E-state index in [0.29, 0.717) is 0 Å². The van der Waals surface area contributed by atoms with Gasteiger partial charge in [-0.3, -0.25) is 0 Å². The van der Waals surface area contributed by atoms with E-state index < -0.39 is 0 Å². The van der Waals surface area contributed by atoms with Crippen LogP contribution in [0, 0.1) is 0 Å². The third-order valence-corrected chi connectivity index (χ3v) is 2.57. The maximum Gasteiger partial charge on any atom is 0.339 e. The monoisotopic (exact) mass is 176 g/mol. The van der Waals surface area contributed by atoms with Gasteiger partial charge < -0.3 is 4.74 Å². The first-order chi connectivity index (χ1) is 6.09. The fourth-order valence-corrected chi connectivity index (χ4v) is 1.60. The van der Waals surface area contributed by atoms with E-state index in [9.17, 15) is 4.79 Å². The van der Waals surface area contributed by atoms with Gasteiger partial charge in [0.15, 0.2) is 0 Å². The van der Waals surface area contributed by atoms with Crippen LogP contribution < -0.4 is 0 Å². The van der Waals surface area contributed by atoms with Gasteiger partial charge in [-0.25, -0.2) is 4.79 Å². The molecule has 0 aromatic heterocycles. The lowest BCUT2D eigenvalue weighted by Gasteiger charge is -1.97. The molecule has 0 saturated heterocycles. The number of hydrogen-bond acceptors (Lipinski definition) is 2. The lowest BCUT2D eigenvalue weighted by atomic mass is 10.1. The summed E-state index contributed by atoms with van der Waals surface area (Å²) in [5.74, 6) is 0.577. The van der Waals surface area contributed by atoms with Crippen molar-refractivity contribution in [3.8, 4) is 0 Å². The molecule has 0 aromatic carbocycles. The van der Waals surface area contributed by atoms with Crippen LogP contribution in [-0.2, 0) is 9.53 Å². The van der Waals surface area contributed by atoms with Crippen molar-refractivity contribution in [2.24, 2.45) is 0 Å². The van der Waals surface area contributed by atoms with Crippen molar-refractivity contribution in [3.63, 3.8) is 0 Å². The predicted molar refractivity (Wildman–Crippen MR) is 49.9 cm³/mol. The zero-order valence-electron chi connectivity index (χ0n) is 8.10. The molecule has 0 radical (unpaired) electrons. The first-order valence-corrected chi connectivity index (χ1v) is 4.40. The molecule has 0 atom stereocenters. The number of fused-ring (bicyclic) bond motifs is 1. The number of carbonyl (C=O) groups excluding carboxylic acids is 1. The summed E-state index contributed by atoms with van der Waals surface area (Å²) in [6.45, 7) is 5.97. The minimum Gasteiger partial charge on any atom is -0.423 e. The van der Waals surface area contributed by atoms with Crippen molar-refractivity contribution in [1.29, 1.82) is 0 Å². The van der Waals surface area contributed by atoms with Gasteiger partial charge >= 0.3 is 5.97 Å². The van der Waals surface area contributed by atoms with Crippen LogP contribution in [0.5, 0.6) is 0 Å². The molecular formula is C11H12O2. The normalized spacial score (nSPS) is 20.4. The average molecular weight is 176 g/mol. The van der Waals surface area contributed by atoms with Gasteiger partial charge in [-0.05, 0) is 32.4 Å². The standard InChI is InChI=1S/C11H12O2/c1-6(2)8-4-9-7(3)11(12)13-10(9)5-8/h5H,4H2,1-3H3. The molecule has 2 aliphatic rings. The predicted octanol–water partition coefficient (Wildman–Crippen LogP) is 2.48. The Kier molecular flexibility index (Phi) is 1.65. The van der Waals surface area contributed by atoms with Gasteiger partial charge in [0.05, 0.1) is 0 Å². The van der Waals surface area contributed by atoms with Crippen LogP contribution >= 0.6 is 0 Å². The van der Waals surface area contributed by atoms with E-state index >= 15 is 0 Å². The van der Waals surface area contributed by atoms with Crippen LogP contribution in [0.15, 0.2) is 34.1 Å². The maximum absolute atomic E-state index is 11.1. The average Bonchev–Trinajstić information content (AvgIpc) is 2.55. The van der Waals surface area contributed by atoms with E-state index in [2.05, 4.69) is 13.8 Å². The van der Waals surface area contributed by atoms with Crippen LogP contribution in [0.25, 0.3) is 0 Å². The molecule has 2 heteroatoms. The van der Waals surface area contributed by atoms with Gasteiger partial charge in [-0.15, -0.1) is 0 Å². The molecule has 0 amide bonds. The molecular weight excluding hydrogens is 164 g/mol. The summed E-state index contributed by atoms with van der Waals surface area (Å²) < 4.78 is 5.09. The molecule has 13 heavy (non-hydrogen) atoms. The van der Waals surface area contributed by atoms with E-state index in [4.69, 9.17) is 4.74 Å². The highest BCUT2D eigenvalue weighted by atomic mass is 16.5. The molecule has 1 aliphatic heterocycles. The first kappa shape index (κ1) is 8.30. The maximum atomic E-state index is 11.1. The summed E-state index contributed by atoms with van der Waals surface area (Å²) in [7, 11) is 0. The van der Waals surface area contributed by atoms with Gasteiger partial charge in [0.1, 0.15) is 5.76 Å². The Balaban J connectivity index is 2.45. The third-order valence-electron chi connectivity index (χ3n) is 2.57. The molecule has 0 N–H and O–H groups in total. The van der Waals surface area contributed by atoms with Crippen molar-refractivity contribution in [2.45, 2.75) is 27.2 Å².